The van der Waals surface area contributed by atoms with Crippen molar-refractivity contribution in [3.63, 3.8) is 0 Å². The van der Waals surface area contributed by atoms with E-state index in [0.29, 0.717) is 40.9 Å². The van der Waals surface area contributed by atoms with Gasteiger partial charge < -0.3 is 34.7 Å². The van der Waals surface area contributed by atoms with E-state index >= 15 is 0 Å². The van der Waals surface area contributed by atoms with E-state index in [-0.39, 0.29) is 24.0 Å². The van der Waals surface area contributed by atoms with Gasteiger partial charge in [-0.15, -0.1) is 0 Å². The van der Waals surface area contributed by atoms with Crippen molar-refractivity contribution in [3.05, 3.63) is 60.2 Å². The van der Waals surface area contributed by atoms with Crippen molar-refractivity contribution in [2.75, 3.05) is 33.1 Å². The Morgan fingerprint density at radius 3 is 2.57 bits per heavy atom. The molecule has 2 bridgehead atoms. The fraction of sp³-hybridized carbons (Fsp3) is 0.389. The number of likely N-dealkylation sites (tertiary alicyclic amines) is 1. The van der Waals surface area contributed by atoms with Crippen LogP contribution in [-0.4, -0.2) is 80.7 Å². The highest BCUT2D eigenvalue weighted by Crippen LogP contribution is 2.40. The summed E-state index contributed by atoms with van der Waals surface area (Å²) in [6.07, 6.45) is 4.44. The summed E-state index contributed by atoms with van der Waals surface area (Å²) in [5.74, 6) is 2.37. The summed E-state index contributed by atoms with van der Waals surface area (Å²) in [4.78, 5) is 39.8. The average Bonchev–Trinajstić information content (AvgIpc) is 3.47. The van der Waals surface area contributed by atoms with Gasteiger partial charge in [0, 0.05) is 68.5 Å². The number of hydrogen-bond acceptors (Lipinski definition) is 6. The Kier molecular flexibility index (Phi) is 6.98. The molecule has 47 heavy (non-hydrogen) atoms. The van der Waals surface area contributed by atoms with Crippen LogP contribution in [0, 0.1) is 11.8 Å². The fourth-order valence-corrected chi connectivity index (χ4v) is 7.47. The minimum Gasteiger partial charge on any atom is -0.494 e. The number of piperidine rings is 1. The predicted octanol–water partition coefficient (Wildman–Crippen LogP) is 5.33. The van der Waals surface area contributed by atoms with Crippen molar-refractivity contribution < 1.29 is 14.3 Å². The fourth-order valence-electron chi connectivity index (χ4n) is 7.47. The van der Waals surface area contributed by atoms with E-state index in [1.165, 1.54) is 17.7 Å². The first-order chi connectivity index (χ1) is 22.7. The number of hydrogen-bond donors (Lipinski definition) is 2. The summed E-state index contributed by atoms with van der Waals surface area (Å²) >= 11 is 0. The first-order valence-electron chi connectivity index (χ1n) is 16.4. The van der Waals surface area contributed by atoms with Crippen LogP contribution in [-0.2, 0) is 13.6 Å². The number of fused-ring (bicyclic) bond motifs is 4. The zero-order valence-corrected chi connectivity index (χ0v) is 27.2. The Labute approximate surface area is 273 Å². The molecule has 11 heteroatoms. The summed E-state index contributed by atoms with van der Waals surface area (Å²) in [6.45, 7) is 1.56. The molecule has 2 aromatic carbocycles. The maximum atomic E-state index is 13.8. The number of anilines is 1. The minimum absolute atomic E-state index is 0.00928. The molecule has 3 atom stereocenters. The van der Waals surface area contributed by atoms with Crippen LogP contribution < -0.4 is 15.8 Å². The van der Waals surface area contributed by atoms with Crippen LogP contribution in [0.25, 0.3) is 44.8 Å². The van der Waals surface area contributed by atoms with Gasteiger partial charge in [0.2, 0.25) is 0 Å². The monoisotopic (exact) mass is 632 g/mol. The van der Waals surface area contributed by atoms with E-state index in [4.69, 9.17) is 20.4 Å². The van der Waals surface area contributed by atoms with Crippen LogP contribution in [0.2, 0.25) is 0 Å². The largest absolute Gasteiger partial charge is 0.494 e. The summed E-state index contributed by atoms with van der Waals surface area (Å²) in [6, 6.07) is 17.7. The second-order valence-corrected chi connectivity index (χ2v) is 13.6. The molecule has 0 spiro atoms. The molecule has 2 aliphatic carbocycles. The molecule has 4 heterocycles. The average molecular weight is 633 g/mol. The van der Waals surface area contributed by atoms with Gasteiger partial charge in [-0.3, -0.25) is 4.79 Å². The predicted molar refractivity (Wildman–Crippen MR) is 182 cm³/mol. The van der Waals surface area contributed by atoms with E-state index < -0.39 is 0 Å². The molecular weight excluding hydrogens is 592 g/mol. The van der Waals surface area contributed by atoms with Gasteiger partial charge in [-0.2, -0.15) is 0 Å². The number of pyridine rings is 1. The highest BCUT2D eigenvalue weighted by molar-refractivity contribution is 6.00. The van der Waals surface area contributed by atoms with Crippen LogP contribution >= 0.6 is 0 Å². The lowest BCUT2D eigenvalue weighted by Gasteiger charge is -2.27. The van der Waals surface area contributed by atoms with Crippen molar-refractivity contribution in [1.82, 2.24) is 28.9 Å². The molecule has 242 valence electrons. The third-order valence-corrected chi connectivity index (χ3v) is 10.2. The van der Waals surface area contributed by atoms with E-state index in [2.05, 4.69) is 26.6 Å². The third kappa shape index (κ3) is 5.00. The topological polar surface area (TPSA) is 124 Å². The van der Waals surface area contributed by atoms with E-state index in [9.17, 15) is 9.59 Å². The van der Waals surface area contributed by atoms with Gasteiger partial charge in [-0.25, -0.2) is 14.8 Å². The molecule has 3 amide bonds. The first-order valence-corrected chi connectivity index (χ1v) is 16.4. The van der Waals surface area contributed by atoms with Crippen molar-refractivity contribution in [3.8, 4) is 28.5 Å². The summed E-state index contributed by atoms with van der Waals surface area (Å²) < 4.78 is 10.2. The Bertz CT molecular complexity index is 2060. The summed E-state index contributed by atoms with van der Waals surface area (Å²) in [7, 11) is 7.07. The molecular formula is C36H40N8O3. The minimum atomic E-state index is -0.184. The van der Waals surface area contributed by atoms with Crippen molar-refractivity contribution >= 4 is 39.7 Å². The number of benzene rings is 2. The van der Waals surface area contributed by atoms with Gasteiger partial charge in [0.05, 0.1) is 24.0 Å². The van der Waals surface area contributed by atoms with Crippen LogP contribution in [0.4, 0.5) is 10.5 Å². The number of imidazole rings is 1. The number of rotatable bonds is 7. The lowest BCUT2D eigenvalue weighted by molar-refractivity contribution is 0.0700. The number of aryl methyl sites for hydroxylation is 1. The Morgan fingerprint density at radius 2 is 1.87 bits per heavy atom. The van der Waals surface area contributed by atoms with Gasteiger partial charge in [0.25, 0.3) is 5.91 Å². The quantitative estimate of drug-likeness (QED) is 0.250. The smallest absolute Gasteiger partial charge is 0.321 e. The number of carbonyl (C=O) groups is 2. The second-order valence-electron chi connectivity index (χ2n) is 13.6. The molecule has 2 saturated carbocycles. The number of methoxy groups -OCH3 is 1. The Morgan fingerprint density at radius 1 is 1.04 bits per heavy atom. The van der Waals surface area contributed by atoms with Crippen LogP contribution in [0.5, 0.6) is 5.75 Å². The van der Waals surface area contributed by atoms with Crippen LogP contribution in [0.3, 0.4) is 0 Å². The number of amides is 3. The van der Waals surface area contributed by atoms with Crippen molar-refractivity contribution in [2.24, 2.45) is 24.6 Å². The summed E-state index contributed by atoms with van der Waals surface area (Å²) in [5, 5.41) is 3.95. The number of nitrogens with zero attached hydrogens (tertiary/aromatic N) is 6. The first kappa shape index (κ1) is 29.5. The molecule has 3 fully saturated rings. The molecule has 3 N–H and O–H groups in total. The van der Waals surface area contributed by atoms with E-state index in [1.54, 1.807) is 21.2 Å². The highest BCUT2D eigenvalue weighted by Gasteiger charge is 2.47. The van der Waals surface area contributed by atoms with Crippen molar-refractivity contribution in [1.29, 1.82) is 0 Å². The number of nitrogens with one attached hydrogen (secondary N) is 1. The molecule has 8 rings (SSSR count). The van der Waals surface area contributed by atoms with Gasteiger partial charge >= 0.3 is 6.03 Å². The molecule has 2 unspecified atom stereocenters. The van der Waals surface area contributed by atoms with Gasteiger partial charge in [-0.1, -0.05) is 12.1 Å². The molecule has 11 nitrogen and oxygen atoms in total. The maximum Gasteiger partial charge on any atom is 0.321 e. The van der Waals surface area contributed by atoms with Gasteiger partial charge in [0.1, 0.15) is 16.9 Å². The number of nitrogens with two attached hydrogens (primary N) is 1. The molecule has 3 aliphatic rings. The Hall–Kier alpha value is -4.90. The standard InChI is InChI=1S/C36H40N8O3/c1-41(2)36(46)38-25-7-5-6-21(14-25)26-12-10-22-16-29(43(33(22)39-26)18-20-8-9-20)34-40-27-15-24(17-30(47-4)32(27)42(34)3)35(45)44-19-23-11-13-28(44)31(23)37/h5-7,10,12,14-17,20,23,28,31H,8-9,11,13,18-19,37H2,1-4H3,(H,38,46)/t23?,28?,31-/m1/s1. The normalized spacial score (nSPS) is 20.4. The molecule has 3 aromatic heterocycles. The summed E-state index contributed by atoms with van der Waals surface area (Å²) in [5.41, 5.74) is 12.9. The SMILES string of the molecule is COc1cc(C(=O)N2CC3CCC2[C@@H]3N)cc2nc(-c3cc4ccc(-c5cccc(NC(=O)N(C)C)c5)nc4n3CC3CC3)n(C)c12. The molecule has 0 radical (unpaired) electrons. The van der Waals surface area contributed by atoms with Crippen LogP contribution in [0.15, 0.2) is 54.6 Å². The van der Waals surface area contributed by atoms with Crippen LogP contribution in [0.1, 0.15) is 36.0 Å². The lowest BCUT2D eigenvalue weighted by atomic mass is 10.1. The Balaban J connectivity index is 1.20. The lowest BCUT2D eigenvalue weighted by Crippen LogP contribution is -2.41. The number of aromatic nitrogens is 4. The highest BCUT2D eigenvalue weighted by atomic mass is 16.5. The molecule has 1 saturated heterocycles. The van der Waals surface area contributed by atoms with Gasteiger partial charge in [0.15, 0.2) is 5.82 Å². The maximum absolute atomic E-state index is 13.8. The number of carbonyl (C=O) groups excluding carboxylic acids is 2. The zero-order chi connectivity index (χ0) is 32.6. The van der Waals surface area contributed by atoms with E-state index in [1.807, 2.05) is 54.4 Å². The number of ether oxygens (including phenoxy) is 1. The second kappa shape index (κ2) is 11.1. The molecule has 5 aromatic rings. The van der Waals surface area contributed by atoms with Crippen molar-refractivity contribution in [2.45, 2.75) is 44.3 Å². The van der Waals surface area contributed by atoms with E-state index in [0.717, 1.165) is 58.7 Å². The molecule has 1 aliphatic heterocycles. The third-order valence-electron chi connectivity index (χ3n) is 10.2. The van der Waals surface area contributed by atoms with Gasteiger partial charge in [-0.05, 0) is 80.0 Å². The number of urea groups is 1. The zero-order valence-electron chi connectivity index (χ0n) is 27.2.